The summed E-state index contributed by atoms with van der Waals surface area (Å²) in [5.41, 5.74) is 0.678. The second kappa shape index (κ2) is 7.19. The molecule has 0 radical (unpaired) electrons. The van der Waals surface area contributed by atoms with Gasteiger partial charge in [-0.3, -0.25) is 9.59 Å². The fourth-order valence-corrected chi connectivity index (χ4v) is 3.21. The molecule has 0 saturated carbocycles. The Kier molecular flexibility index (Phi) is 4.58. The highest BCUT2D eigenvalue weighted by Gasteiger charge is 2.37. The van der Waals surface area contributed by atoms with E-state index < -0.39 is 11.9 Å². The van der Waals surface area contributed by atoms with Crippen LogP contribution in [0.25, 0.3) is 0 Å². The van der Waals surface area contributed by atoms with Crippen LogP contribution < -0.4 is 23.8 Å². The second-order valence-electron chi connectivity index (χ2n) is 6.31. The summed E-state index contributed by atoms with van der Waals surface area (Å²) >= 11 is 0. The van der Waals surface area contributed by atoms with E-state index >= 15 is 0 Å². The van der Waals surface area contributed by atoms with Gasteiger partial charge in [0.2, 0.25) is 5.91 Å². The number of fused-ring (bicyclic) bond motifs is 1. The lowest BCUT2D eigenvalue weighted by atomic mass is 10.1. The highest BCUT2D eigenvalue weighted by molar-refractivity contribution is 6.00. The minimum absolute atomic E-state index is 0.0996. The topological polar surface area (TPSA) is 74.3 Å². The Morgan fingerprint density at radius 2 is 1.81 bits per heavy atom. The molecule has 0 aliphatic carbocycles. The SMILES string of the molecule is COc1ccccc1OC(=O)[C@@H]1CC(=O)N(c2ccc3c(c2)OCCO3)C1. The Morgan fingerprint density at radius 3 is 2.59 bits per heavy atom. The Bertz CT molecular complexity index is 881. The van der Waals surface area contributed by atoms with Crippen LogP contribution in [0.4, 0.5) is 5.69 Å². The summed E-state index contributed by atoms with van der Waals surface area (Å²) in [6, 6.07) is 12.2. The summed E-state index contributed by atoms with van der Waals surface area (Å²) in [5.74, 6) is 0.946. The molecule has 2 aromatic rings. The van der Waals surface area contributed by atoms with E-state index in [1.807, 2.05) is 0 Å². The number of rotatable bonds is 4. The Labute approximate surface area is 156 Å². The number of hydrogen-bond acceptors (Lipinski definition) is 6. The van der Waals surface area contributed by atoms with Crippen molar-refractivity contribution >= 4 is 17.6 Å². The van der Waals surface area contributed by atoms with Crippen LogP contribution in [-0.2, 0) is 9.59 Å². The fourth-order valence-electron chi connectivity index (χ4n) is 3.21. The van der Waals surface area contributed by atoms with Gasteiger partial charge in [0.05, 0.1) is 13.0 Å². The number of hydrogen-bond donors (Lipinski definition) is 0. The number of carbonyl (C=O) groups is 2. The van der Waals surface area contributed by atoms with E-state index in [-0.39, 0.29) is 18.9 Å². The Morgan fingerprint density at radius 1 is 1.07 bits per heavy atom. The first-order chi connectivity index (χ1) is 13.2. The van der Waals surface area contributed by atoms with Gasteiger partial charge in [-0.15, -0.1) is 0 Å². The molecule has 1 saturated heterocycles. The fraction of sp³-hybridized carbons (Fsp3) is 0.300. The summed E-state index contributed by atoms with van der Waals surface area (Å²) in [7, 11) is 1.51. The van der Waals surface area contributed by atoms with E-state index in [0.29, 0.717) is 41.9 Å². The first-order valence-corrected chi connectivity index (χ1v) is 8.70. The van der Waals surface area contributed by atoms with Gasteiger partial charge < -0.3 is 23.8 Å². The number of anilines is 1. The van der Waals surface area contributed by atoms with Crippen molar-refractivity contribution in [1.29, 1.82) is 0 Å². The van der Waals surface area contributed by atoms with Gasteiger partial charge in [-0.05, 0) is 24.3 Å². The number of benzene rings is 2. The van der Waals surface area contributed by atoms with Gasteiger partial charge in [0.25, 0.3) is 0 Å². The minimum atomic E-state index is -0.546. The third-order valence-electron chi connectivity index (χ3n) is 4.58. The zero-order valence-electron chi connectivity index (χ0n) is 14.8. The lowest BCUT2D eigenvalue weighted by Gasteiger charge is -2.22. The van der Waals surface area contributed by atoms with Gasteiger partial charge in [-0.1, -0.05) is 12.1 Å². The smallest absolute Gasteiger partial charge is 0.316 e. The molecule has 0 aromatic heterocycles. The van der Waals surface area contributed by atoms with Crippen LogP contribution in [0.2, 0.25) is 0 Å². The van der Waals surface area contributed by atoms with E-state index in [9.17, 15) is 9.59 Å². The van der Waals surface area contributed by atoms with Crippen molar-refractivity contribution in [2.75, 3.05) is 31.8 Å². The molecule has 1 fully saturated rings. The number of para-hydroxylation sites is 2. The van der Waals surface area contributed by atoms with Gasteiger partial charge >= 0.3 is 5.97 Å². The molecule has 1 atom stereocenters. The minimum Gasteiger partial charge on any atom is -0.493 e. The predicted molar refractivity (Wildman–Crippen MR) is 96.5 cm³/mol. The number of ether oxygens (including phenoxy) is 4. The van der Waals surface area contributed by atoms with Gasteiger partial charge in [0.1, 0.15) is 13.2 Å². The molecule has 2 heterocycles. The van der Waals surface area contributed by atoms with E-state index in [1.54, 1.807) is 47.4 Å². The summed E-state index contributed by atoms with van der Waals surface area (Å²) in [6.45, 7) is 1.23. The van der Waals surface area contributed by atoms with Crippen LogP contribution in [0.3, 0.4) is 0 Å². The van der Waals surface area contributed by atoms with Crippen LogP contribution in [0.5, 0.6) is 23.0 Å². The zero-order chi connectivity index (χ0) is 18.8. The van der Waals surface area contributed by atoms with Crippen LogP contribution in [0.15, 0.2) is 42.5 Å². The van der Waals surface area contributed by atoms with E-state index in [2.05, 4.69) is 0 Å². The molecule has 1 amide bonds. The van der Waals surface area contributed by atoms with Crippen LogP contribution in [-0.4, -0.2) is 38.7 Å². The Hall–Kier alpha value is -3.22. The summed E-state index contributed by atoms with van der Waals surface area (Å²) in [5, 5.41) is 0. The Balaban J connectivity index is 1.48. The molecule has 0 unspecified atom stereocenters. The summed E-state index contributed by atoms with van der Waals surface area (Å²) in [6.07, 6.45) is 0.0996. The summed E-state index contributed by atoms with van der Waals surface area (Å²) in [4.78, 5) is 26.6. The van der Waals surface area contributed by atoms with E-state index in [1.165, 1.54) is 7.11 Å². The molecule has 0 N–H and O–H groups in total. The van der Waals surface area contributed by atoms with Gasteiger partial charge in [-0.25, -0.2) is 0 Å². The lowest BCUT2D eigenvalue weighted by Crippen LogP contribution is -2.27. The van der Waals surface area contributed by atoms with E-state index in [0.717, 1.165) is 0 Å². The third-order valence-corrected chi connectivity index (χ3v) is 4.58. The molecule has 2 aliphatic rings. The highest BCUT2D eigenvalue weighted by Crippen LogP contribution is 2.36. The van der Waals surface area contributed by atoms with Crippen LogP contribution in [0, 0.1) is 5.92 Å². The molecule has 7 nitrogen and oxygen atoms in total. The van der Waals surface area contributed by atoms with Crippen molar-refractivity contribution in [2.45, 2.75) is 6.42 Å². The largest absolute Gasteiger partial charge is 0.493 e. The molecule has 140 valence electrons. The first kappa shape index (κ1) is 17.2. The molecular formula is C20H19NO6. The third kappa shape index (κ3) is 3.40. The quantitative estimate of drug-likeness (QED) is 0.609. The molecule has 2 aromatic carbocycles. The highest BCUT2D eigenvalue weighted by atomic mass is 16.6. The summed E-state index contributed by atoms with van der Waals surface area (Å²) < 4.78 is 21.7. The van der Waals surface area contributed by atoms with Crippen molar-refractivity contribution in [3.05, 3.63) is 42.5 Å². The maximum Gasteiger partial charge on any atom is 0.316 e. The maximum absolute atomic E-state index is 12.5. The molecule has 7 heteroatoms. The van der Waals surface area contributed by atoms with Crippen molar-refractivity contribution in [3.8, 4) is 23.0 Å². The number of carbonyl (C=O) groups excluding carboxylic acids is 2. The number of methoxy groups -OCH3 is 1. The average molecular weight is 369 g/mol. The van der Waals surface area contributed by atoms with Crippen molar-refractivity contribution in [2.24, 2.45) is 5.92 Å². The van der Waals surface area contributed by atoms with Gasteiger partial charge in [0.15, 0.2) is 23.0 Å². The average Bonchev–Trinajstić information content (AvgIpc) is 3.10. The van der Waals surface area contributed by atoms with Crippen LogP contribution in [0.1, 0.15) is 6.42 Å². The second-order valence-corrected chi connectivity index (χ2v) is 6.31. The molecule has 27 heavy (non-hydrogen) atoms. The number of esters is 1. The molecule has 2 aliphatic heterocycles. The molecule has 4 rings (SSSR count). The maximum atomic E-state index is 12.5. The van der Waals surface area contributed by atoms with Crippen LogP contribution >= 0.6 is 0 Å². The van der Waals surface area contributed by atoms with Gasteiger partial charge in [-0.2, -0.15) is 0 Å². The van der Waals surface area contributed by atoms with Crippen molar-refractivity contribution in [1.82, 2.24) is 0 Å². The molecule has 0 bridgehead atoms. The van der Waals surface area contributed by atoms with E-state index in [4.69, 9.17) is 18.9 Å². The van der Waals surface area contributed by atoms with Gasteiger partial charge in [0, 0.05) is 24.7 Å². The van der Waals surface area contributed by atoms with Crippen molar-refractivity contribution < 1.29 is 28.5 Å². The normalized spacial score (nSPS) is 18.3. The monoisotopic (exact) mass is 369 g/mol. The predicted octanol–water partition coefficient (Wildman–Crippen LogP) is 2.42. The lowest BCUT2D eigenvalue weighted by molar-refractivity contribution is -0.139. The molecular weight excluding hydrogens is 350 g/mol. The van der Waals surface area contributed by atoms with Crippen molar-refractivity contribution in [3.63, 3.8) is 0 Å². The first-order valence-electron chi connectivity index (χ1n) is 8.70. The number of amides is 1. The zero-order valence-corrected chi connectivity index (χ0v) is 14.8. The molecule has 0 spiro atoms. The number of nitrogens with zero attached hydrogens (tertiary/aromatic N) is 1. The standard InChI is InChI=1S/C20H19NO6/c1-24-15-4-2-3-5-17(15)27-20(23)13-10-19(22)21(12-13)14-6-7-16-18(11-14)26-9-8-25-16/h2-7,11,13H,8-10,12H2,1H3/t13-/m1/s1.